The lowest BCUT2D eigenvalue weighted by Gasteiger charge is -2.14. The molecule has 0 saturated heterocycles. The third kappa shape index (κ3) is 9.35. The molecule has 3 aromatic rings. The summed E-state index contributed by atoms with van der Waals surface area (Å²) in [5.74, 6) is 4.58. The molecule has 198 valence electrons. The van der Waals surface area contributed by atoms with E-state index >= 15 is 0 Å². The maximum atomic E-state index is 12.3. The van der Waals surface area contributed by atoms with E-state index in [1.54, 1.807) is 60.7 Å². The van der Waals surface area contributed by atoms with E-state index in [-0.39, 0.29) is 26.4 Å². The molecule has 9 nitrogen and oxygen atoms in total. The average Bonchev–Trinajstić information content (AvgIpc) is 2.92. The number of hydroxylamine groups is 1. The fourth-order valence-electron chi connectivity index (χ4n) is 3.16. The summed E-state index contributed by atoms with van der Waals surface area (Å²) in [5, 5.41) is 17.7. The van der Waals surface area contributed by atoms with Crippen molar-refractivity contribution in [1.29, 1.82) is 0 Å². The Hall–Kier alpha value is -4.20. The highest BCUT2D eigenvalue weighted by Crippen LogP contribution is 2.11. The van der Waals surface area contributed by atoms with Crippen LogP contribution in [0.5, 0.6) is 0 Å². The van der Waals surface area contributed by atoms with Gasteiger partial charge in [-0.15, -0.1) is 0 Å². The standard InChI is InChI=1S/C27H26ClN5O4.CH4/c28-22-11-5-20(6-12-22)16-30-17-25(34)31-23-13-7-19(8-14-23)2-1-18-3-9-21(10-4-18)26(35)32-24(15-29)27(36)33-37;/h3-14,24,30,37H,15-17,29H2,(H,31,34)(H,32,35)(H,33,36);1H4/t24-;/m0./s1. The second kappa shape index (κ2) is 15.1. The molecule has 1 atom stereocenters. The van der Waals surface area contributed by atoms with Crippen LogP contribution < -0.4 is 27.2 Å². The number of hydrogen-bond donors (Lipinski definition) is 6. The number of benzene rings is 3. The Morgan fingerprint density at radius 1 is 0.895 bits per heavy atom. The van der Waals surface area contributed by atoms with Gasteiger partial charge in [-0.25, -0.2) is 5.48 Å². The van der Waals surface area contributed by atoms with Gasteiger partial charge in [0.05, 0.1) is 6.54 Å². The number of rotatable bonds is 9. The largest absolute Gasteiger partial charge is 0.339 e. The predicted molar refractivity (Wildman–Crippen MR) is 148 cm³/mol. The Kier molecular flexibility index (Phi) is 12.0. The van der Waals surface area contributed by atoms with Gasteiger partial charge in [-0.1, -0.05) is 43.0 Å². The summed E-state index contributed by atoms with van der Waals surface area (Å²) >= 11 is 5.87. The van der Waals surface area contributed by atoms with Crippen LogP contribution in [0.15, 0.2) is 72.8 Å². The zero-order chi connectivity index (χ0) is 26.6. The summed E-state index contributed by atoms with van der Waals surface area (Å²) in [6.45, 7) is 0.560. The first kappa shape index (κ1) is 30.0. The van der Waals surface area contributed by atoms with Crippen LogP contribution in [0.2, 0.25) is 5.02 Å². The molecule has 10 heteroatoms. The Balaban J connectivity index is 0.00000507. The van der Waals surface area contributed by atoms with Crippen LogP contribution in [-0.4, -0.2) is 42.1 Å². The summed E-state index contributed by atoms with van der Waals surface area (Å²) in [7, 11) is 0. The quantitative estimate of drug-likeness (QED) is 0.141. The second-order valence-electron chi connectivity index (χ2n) is 7.92. The van der Waals surface area contributed by atoms with Crippen molar-refractivity contribution in [3.05, 3.63) is 100 Å². The molecule has 3 aromatic carbocycles. The highest BCUT2D eigenvalue weighted by atomic mass is 35.5. The molecule has 3 amide bonds. The molecule has 0 bridgehead atoms. The number of carbonyl (C=O) groups is 3. The average molecular weight is 536 g/mol. The van der Waals surface area contributed by atoms with Crippen molar-refractivity contribution in [2.24, 2.45) is 5.73 Å². The third-order valence-electron chi connectivity index (χ3n) is 5.16. The van der Waals surface area contributed by atoms with E-state index in [1.807, 2.05) is 12.1 Å². The van der Waals surface area contributed by atoms with Crippen LogP contribution in [0.4, 0.5) is 5.69 Å². The molecule has 0 aromatic heterocycles. The molecule has 0 aliphatic heterocycles. The Bertz CT molecular complexity index is 1280. The summed E-state index contributed by atoms with van der Waals surface area (Å²) in [4.78, 5) is 35.9. The zero-order valence-electron chi connectivity index (χ0n) is 19.8. The highest BCUT2D eigenvalue weighted by molar-refractivity contribution is 6.30. The van der Waals surface area contributed by atoms with Gasteiger partial charge >= 0.3 is 0 Å². The summed E-state index contributed by atoms with van der Waals surface area (Å²) in [6, 6.07) is 20.0. The van der Waals surface area contributed by atoms with Crippen LogP contribution in [0, 0.1) is 11.8 Å². The molecule has 38 heavy (non-hydrogen) atoms. The minimum absolute atomic E-state index is 0. The van der Waals surface area contributed by atoms with Crippen LogP contribution >= 0.6 is 11.6 Å². The molecule has 0 unspecified atom stereocenters. The molecule has 7 N–H and O–H groups in total. The highest BCUT2D eigenvalue weighted by Gasteiger charge is 2.19. The lowest BCUT2D eigenvalue weighted by Crippen LogP contribution is -2.50. The van der Waals surface area contributed by atoms with Gasteiger partial charge in [0, 0.05) is 40.5 Å². The topological polar surface area (TPSA) is 146 Å². The van der Waals surface area contributed by atoms with Crippen LogP contribution in [0.1, 0.15) is 34.5 Å². The number of nitrogens with one attached hydrogen (secondary N) is 4. The Morgan fingerprint density at radius 3 is 2.03 bits per heavy atom. The number of anilines is 1. The van der Waals surface area contributed by atoms with Crippen LogP contribution in [0.25, 0.3) is 0 Å². The Morgan fingerprint density at radius 2 is 1.47 bits per heavy atom. The smallest absolute Gasteiger partial charge is 0.267 e. The van der Waals surface area contributed by atoms with Crippen molar-refractivity contribution < 1.29 is 19.6 Å². The van der Waals surface area contributed by atoms with Gasteiger partial charge in [-0.2, -0.15) is 0 Å². The molecular weight excluding hydrogens is 506 g/mol. The molecular formula is C28H30ClN5O4. The maximum absolute atomic E-state index is 12.3. The van der Waals surface area contributed by atoms with Gasteiger partial charge in [-0.3, -0.25) is 19.6 Å². The Labute approximate surface area is 226 Å². The van der Waals surface area contributed by atoms with Gasteiger partial charge in [0.15, 0.2) is 0 Å². The second-order valence-corrected chi connectivity index (χ2v) is 8.36. The first-order valence-electron chi connectivity index (χ1n) is 11.3. The molecule has 0 saturated carbocycles. The summed E-state index contributed by atoms with van der Waals surface area (Å²) in [5.41, 5.74) is 10.3. The predicted octanol–water partition coefficient (Wildman–Crippen LogP) is 2.67. The molecule has 0 fully saturated rings. The molecule has 0 heterocycles. The zero-order valence-corrected chi connectivity index (χ0v) is 20.5. The summed E-state index contributed by atoms with van der Waals surface area (Å²) in [6.07, 6.45) is 0. The van der Waals surface area contributed by atoms with Crippen molar-refractivity contribution >= 4 is 35.0 Å². The fourth-order valence-corrected chi connectivity index (χ4v) is 3.29. The van der Waals surface area contributed by atoms with Gasteiger partial charge in [0.25, 0.3) is 11.8 Å². The number of nitrogens with two attached hydrogens (primary N) is 1. The third-order valence-corrected chi connectivity index (χ3v) is 5.41. The molecule has 0 spiro atoms. The van der Waals surface area contributed by atoms with Crippen molar-refractivity contribution in [1.82, 2.24) is 16.1 Å². The maximum Gasteiger partial charge on any atom is 0.267 e. The first-order valence-corrected chi connectivity index (χ1v) is 11.7. The van der Waals surface area contributed by atoms with Crippen molar-refractivity contribution in [3.63, 3.8) is 0 Å². The van der Waals surface area contributed by atoms with Gasteiger partial charge in [0.2, 0.25) is 5.91 Å². The van der Waals surface area contributed by atoms with Crippen molar-refractivity contribution in [3.8, 4) is 11.8 Å². The van der Waals surface area contributed by atoms with E-state index in [0.717, 1.165) is 11.1 Å². The van der Waals surface area contributed by atoms with Crippen molar-refractivity contribution in [2.75, 3.05) is 18.4 Å². The fraction of sp³-hybridized carbons (Fsp3) is 0.179. The molecule has 0 aliphatic rings. The molecule has 0 radical (unpaired) electrons. The van der Waals surface area contributed by atoms with Gasteiger partial charge in [0.1, 0.15) is 6.04 Å². The number of hydrogen-bond acceptors (Lipinski definition) is 6. The monoisotopic (exact) mass is 535 g/mol. The van der Waals surface area contributed by atoms with Crippen LogP contribution in [-0.2, 0) is 16.1 Å². The normalized spacial score (nSPS) is 10.7. The number of carbonyl (C=O) groups excluding carboxylic acids is 3. The SMILES string of the molecule is C.NC[C@H](NC(=O)c1ccc(C#Cc2ccc(NC(=O)CNCc3ccc(Cl)cc3)cc2)cc1)C(=O)NO. The number of halogens is 1. The lowest BCUT2D eigenvalue weighted by molar-refractivity contribution is -0.130. The van der Waals surface area contributed by atoms with Crippen molar-refractivity contribution in [2.45, 2.75) is 20.0 Å². The number of amides is 3. The van der Waals surface area contributed by atoms with Crippen LogP contribution in [0.3, 0.4) is 0 Å². The first-order chi connectivity index (χ1) is 17.9. The van der Waals surface area contributed by atoms with E-state index in [1.165, 1.54) is 5.48 Å². The minimum Gasteiger partial charge on any atom is -0.339 e. The van der Waals surface area contributed by atoms with E-state index < -0.39 is 17.9 Å². The van der Waals surface area contributed by atoms with Gasteiger partial charge in [-0.05, 0) is 66.2 Å². The van der Waals surface area contributed by atoms with Gasteiger partial charge < -0.3 is 21.7 Å². The lowest BCUT2D eigenvalue weighted by atomic mass is 10.1. The van der Waals surface area contributed by atoms with E-state index in [2.05, 4.69) is 27.8 Å². The van der Waals surface area contributed by atoms with E-state index in [9.17, 15) is 14.4 Å². The van der Waals surface area contributed by atoms with E-state index in [0.29, 0.717) is 28.4 Å². The molecule has 0 aliphatic carbocycles. The van der Waals surface area contributed by atoms with E-state index in [4.69, 9.17) is 22.5 Å². The summed E-state index contributed by atoms with van der Waals surface area (Å²) < 4.78 is 0. The molecule has 3 rings (SSSR count). The minimum atomic E-state index is -1.05.